The van der Waals surface area contributed by atoms with Gasteiger partial charge in [0, 0.05) is 40.0 Å². The van der Waals surface area contributed by atoms with Crippen molar-refractivity contribution in [3.8, 4) is 11.1 Å². The molecule has 0 aliphatic rings. The Balaban J connectivity index is 1.63. The Hall–Kier alpha value is -3.67. The molecule has 0 unspecified atom stereocenters. The van der Waals surface area contributed by atoms with Crippen molar-refractivity contribution in [1.82, 2.24) is 19.1 Å². The van der Waals surface area contributed by atoms with Gasteiger partial charge in [-0.2, -0.15) is 0 Å². The zero-order chi connectivity index (χ0) is 21.8. The molecule has 31 heavy (non-hydrogen) atoms. The van der Waals surface area contributed by atoms with Gasteiger partial charge in [-0.1, -0.05) is 24.3 Å². The average Bonchev–Trinajstić information content (AvgIpc) is 3.32. The number of fused-ring (bicyclic) bond motifs is 2. The van der Waals surface area contributed by atoms with E-state index in [1.807, 2.05) is 18.3 Å². The van der Waals surface area contributed by atoms with Crippen LogP contribution in [-0.2, 0) is 12.1 Å². The molecule has 0 bridgehead atoms. The molecule has 0 saturated heterocycles. The first kappa shape index (κ1) is 19.3. The standard InChI is InChI=1S/C25H24FN5/c1-25(2,3)31-14-19(22-23(27)28-15-29-24(22)31)16-8-9-21-17(12-16)10-11-30(21)13-18-6-4-5-7-20(18)26/h4-12,14-15H,13H2,1-3H3,(H2,27,28,29). The predicted octanol–water partition coefficient (Wildman–Crippen LogP) is 5.58. The Labute approximate surface area is 180 Å². The summed E-state index contributed by atoms with van der Waals surface area (Å²) in [6, 6.07) is 15.2. The van der Waals surface area contributed by atoms with Crippen molar-refractivity contribution in [3.05, 3.63) is 78.6 Å². The van der Waals surface area contributed by atoms with E-state index in [1.165, 1.54) is 12.4 Å². The van der Waals surface area contributed by atoms with Gasteiger partial charge in [-0.05, 0) is 50.6 Å². The number of nitrogens with two attached hydrogens (primary N) is 1. The number of halogens is 1. The number of rotatable bonds is 3. The van der Waals surface area contributed by atoms with Crippen LogP contribution in [0, 0.1) is 5.82 Å². The normalized spacial score (nSPS) is 12.1. The molecule has 2 aromatic carbocycles. The molecule has 0 atom stereocenters. The minimum Gasteiger partial charge on any atom is -0.383 e. The number of benzene rings is 2. The van der Waals surface area contributed by atoms with Crippen LogP contribution >= 0.6 is 0 Å². The van der Waals surface area contributed by atoms with Crippen LogP contribution in [-0.4, -0.2) is 19.1 Å². The molecule has 0 aliphatic carbocycles. The smallest absolute Gasteiger partial charge is 0.146 e. The third-order valence-electron chi connectivity index (χ3n) is 5.72. The maximum absolute atomic E-state index is 14.1. The highest BCUT2D eigenvalue weighted by Crippen LogP contribution is 2.36. The average molecular weight is 414 g/mol. The minimum atomic E-state index is -0.188. The Morgan fingerprint density at radius 1 is 1.03 bits per heavy atom. The molecular weight excluding hydrogens is 389 g/mol. The minimum absolute atomic E-state index is 0.148. The van der Waals surface area contributed by atoms with Crippen LogP contribution in [0.25, 0.3) is 33.1 Å². The third kappa shape index (κ3) is 3.24. The quantitative estimate of drug-likeness (QED) is 0.420. The Kier molecular flexibility index (Phi) is 4.32. The Morgan fingerprint density at radius 2 is 1.84 bits per heavy atom. The molecule has 5 rings (SSSR count). The van der Waals surface area contributed by atoms with Gasteiger partial charge in [-0.15, -0.1) is 0 Å². The van der Waals surface area contributed by atoms with Gasteiger partial charge in [0.2, 0.25) is 0 Å². The molecule has 0 amide bonds. The van der Waals surface area contributed by atoms with Crippen LogP contribution in [0.4, 0.5) is 10.2 Å². The molecule has 5 aromatic rings. The van der Waals surface area contributed by atoms with Crippen molar-refractivity contribution >= 4 is 27.8 Å². The summed E-state index contributed by atoms with van der Waals surface area (Å²) in [6.45, 7) is 6.90. The van der Waals surface area contributed by atoms with Crippen LogP contribution in [0.1, 0.15) is 26.3 Å². The lowest BCUT2D eigenvalue weighted by Crippen LogP contribution is -2.21. The van der Waals surface area contributed by atoms with Crippen molar-refractivity contribution in [2.45, 2.75) is 32.9 Å². The fraction of sp³-hybridized carbons (Fsp3) is 0.200. The lowest BCUT2D eigenvalue weighted by atomic mass is 10.0. The van der Waals surface area contributed by atoms with Gasteiger partial charge < -0.3 is 14.9 Å². The van der Waals surface area contributed by atoms with Crippen molar-refractivity contribution < 1.29 is 4.39 Å². The van der Waals surface area contributed by atoms with Gasteiger partial charge in [0.1, 0.15) is 23.6 Å². The van der Waals surface area contributed by atoms with Crippen molar-refractivity contribution in [3.63, 3.8) is 0 Å². The number of anilines is 1. The van der Waals surface area contributed by atoms with Crippen molar-refractivity contribution in [2.75, 3.05) is 5.73 Å². The summed E-state index contributed by atoms with van der Waals surface area (Å²) in [4.78, 5) is 8.73. The Bertz CT molecular complexity index is 1420. The van der Waals surface area contributed by atoms with Gasteiger partial charge in [0.05, 0.1) is 11.9 Å². The van der Waals surface area contributed by atoms with E-state index in [0.29, 0.717) is 17.9 Å². The van der Waals surface area contributed by atoms with Gasteiger partial charge >= 0.3 is 0 Å². The maximum atomic E-state index is 14.1. The number of hydrogen-bond acceptors (Lipinski definition) is 3. The molecule has 0 fully saturated rings. The summed E-state index contributed by atoms with van der Waals surface area (Å²) >= 11 is 0. The molecule has 0 spiro atoms. The summed E-state index contributed by atoms with van der Waals surface area (Å²) < 4.78 is 18.3. The maximum Gasteiger partial charge on any atom is 0.146 e. The van der Waals surface area contributed by atoms with Crippen molar-refractivity contribution in [1.29, 1.82) is 0 Å². The van der Waals surface area contributed by atoms with Gasteiger partial charge in [0.25, 0.3) is 0 Å². The first-order valence-electron chi connectivity index (χ1n) is 10.3. The molecule has 0 radical (unpaired) electrons. The largest absolute Gasteiger partial charge is 0.383 e. The highest BCUT2D eigenvalue weighted by Gasteiger charge is 2.22. The number of nitrogen functional groups attached to an aromatic ring is 1. The summed E-state index contributed by atoms with van der Waals surface area (Å²) in [5.74, 6) is 0.284. The van der Waals surface area contributed by atoms with Crippen LogP contribution in [0.3, 0.4) is 0 Å². The highest BCUT2D eigenvalue weighted by atomic mass is 19.1. The summed E-state index contributed by atoms with van der Waals surface area (Å²) in [5.41, 5.74) is 10.7. The van der Waals surface area contributed by atoms with Gasteiger partial charge in [0.15, 0.2) is 0 Å². The van der Waals surface area contributed by atoms with E-state index in [0.717, 1.165) is 33.1 Å². The molecular formula is C25H24FN5. The number of nitrogens with zero attached hydrogens (tertiary/aromatic N) is 4. The van der Waals surface area contributed by atoms with Gasteiger partial charge in [-0.3, -0.25) is 0 Å². The molecule has 6 heteroatoms. The molecule has 0 aliphatic heterocycles. The lowest BCUT2D eigenvalue weighted by molar-refractivity contribution is 0.408. The van der Waals surface area contributed by atoms with Crippen LogP contribution in [0.5, 0.6) is 0 Å². The number of aromatic nitrogens is 4. The second-order valence-corrected chi connectivity index (χ2v) is 8.85. The zero-order valence-corrected chi connectivity index (χ0v) is 17.8. The first-order valence-corrected chi connectivity index (χ1v) is 10.3. The predicted molar refractivity (Wildman–Crippen MR) is 123 cm³/mol. The summed E-state index contributed by atoms with van der Waals surface area (Å²) in [5, 5.41) is 1.95. The van der Waals surface area contributed by atoms with Gasteiger partial charge in [-0.25, -0.2) is 14.4 Å². The third-order valence-corrected chi connectivity index (χ3v) is 5.72. The molecule has 156 valence electrons. The zero-order valence-electron chi connectivity index (χ0n) is 17.8. The van der Waals surface area contributed by atoms with E-state index in [1.54, 1.807) is 6.07 Å². The first-order chi connectivity index (χ1) is 14.8. The summed E-state index contributed by atoms with van der Waals surface area (Å²) in [7, 11) is 0. The number of hydrogen-bond donors (Lipinski definition) is 1. The second kappa shape index (κ2) is 6.94. The monoisotopic (exact) mass is 413 g/mol. The fourth-order valence-electron chi connectivity index (χ4n) is 4.13. The SMILES string of the molecule is CC(C)(C)n1cc(-c2ccc3c(ccn3Cc3ccccc3F)c2)c2c(N)ncnc21. The summed E-state index contributed by atoms with van der Waals surface area (Å²) in [6.07, 6.45) is 5.61. The van der Waals surface area contributed by atoms with Crippen molar-refractivity contribution in [2.24, 2.45) is 0 Å². The molecule has 3 aromatic heterocycles. The fourth-order valence-corrected chi connectivity index (χ4v) is 4.13. The van der Waals surface area contributed by atoms with Crippen LogP contribution in [0.15, 0.2) is 67.3 Å². The van der Waals surface area contributed by atoms with E-state index in [-0.39, 0.29) is 11.4 Å². The molecule has 3 heterocycles. The van der Waals surface area contributed by atoms with E-state index < -0.39 is 0 Å². The van der Waals surface area contributed by atoms with E-state index >= 15 is 0 Å². The van der Waals surface area contributed by atoms with E-state index in [9.17, 15) is 4.39 Å². The van der Waals surface area contributed by atoms with Crippen LogP contribution < -0.4 is 5.73 Å². The van der Waals surface area contributed by atoms with Crippen LogP contribution in [0.2, 0.25) is 0 Å². The van der Waals surface area contributed by atoms with E-state index in [4.69, 9.17) is 5.73 Å². The molecule has 0 saturated carbocycles. The topological polar surface area (TPSA) is 61.7 Å². The lowest BCUT2D eigenvalue weighted by Gasteiger charge is -2.21. The molecule has 2 N–H and O–H groups in total. The molecule has 5 nitrogen and oxygen atoms in total. The van der Waals surface area contributed by atoms with E-state index in [2.05, 4.69) is 70.3 Å². The second-order valence-electron chi connectivity index (χ2n) is 8.85. The highest BCUT2D eigenvalue weighted by molar-refractivity contribution is 6.02. The Morgan fingerprint density at radius 3 is 2.61 bits per heavy atom.